The van der Waals surface area contributed by atoms with Gasteiger partial charge in [0.1, 0.15) is 0 Å². The molecule has 3 aliphatic rings. The van der Waals surface area contributed by atoms with E-state index in [2.05, 4.69) is 18.7 Å². The predicted octanol–water partition coefficient (Wildman–Crippen LogP) is 2.90. The first kappa shape index (κ1) is 12.9. The van der Waals surface area contributed by atoms with Crippen molar-refractivity contribution < 1.29 is 5.11 Å². The van der Waals surface area contributed by atoms with Crippen LogP contribution in [-0.2, 0) is 0 Å². The number of fused-ring (bicyclic) bond motifs is 1. The second-order valence-electron chi connectivity index (χ2n) is 7.01. The summed E-state index contributed by atoms with van der Waals surface area (Å²) in [5.41, 5.74) is 0. The minimum absolute atomic E-state index is 0.00238. The summed E-state index contributed by atoms with van der Waals surface area (Å²) < 4.78 is 0. The molecule has 2 heteroatoms. The number of unbranched alkanes of at least 4 members (excludes halogenated alkanes) is 1. The van der Waals surface area contributed by atoms with Crippen molar-refractivity contribution in [3.05, 3.63) is 0 Å². The second-order valence-corrected chi connectivity index (χ2v) is 7.01. The molecular formula is C16H29NO. The van der Waals surface area contributed by atoms with Gasteiger partial charge in [0.05, 0.1) is 6.10 Å². The molecule has 104 valence electrons. The predicted molar refractivity (Wildman–Crippen MR) is 74.4 cm³/mol. The second kappa shape index (κ2) is 5.13. The highest BCUT2D eigenvalue weighted by atomic mass is 16.3. The topological polar surface area (TPSA) is 23.5 Å². The number of nitrogens with zero attached hydrogens (tertiary/aromatic N) is 1. The van der Waals surface area contributed by atoms with E-state index in [0.29, 0.717) is 12.0 Å². The first-order valence-corrected chi connectivity index (χ1v) is 8.16. The largest absolute Gasteiger partial charge is 0.391 e. The lowest BCUT2D eigenvalue weighted by Gasteiger charge is -2.31. The zero-order valence-corrected chi connectivity index (χ0v) is 12.0. The van der Waals surface area contributed by atoms with Crippen molar-refractivity contribution in [3.63, 3.8) is 0 Å². The molecule has 0 radical (unpaired) electrons. The Morgan fingerprint density at radius 1 is 1.22 bits per heavy atom. The number of hydrogen-bond donors (Lipinski definition) is 1. The van der Waals surface area contributed by atoms with E-state index >= 15 is 0 Å². The average Bonchev–Trinajstić information content (AvgIpc) is 2.96. The van der Waals surface area contributed by atoms with Gasteiger partial charge in [0.2, 0.25) is 0 Å². The van der Waals surface area contributed by atoms with Crippen LogP contribution in [0.4, 0.5) is 0 Å². The van der Waals surface area contributed by atoms with Crippen LogP contribution in [0.5, 0.6) is 0 Å². The van der Waals surface area contributed by atoms with Crippen molar-refractivity contribution in [2.75, 3.05) is 13.1 Å². The van der Waals surface area contributed by atoms with Crippen LogP contribution in [0, 0.1) is 23.7 Å². The van der Waals surface area contributed by atoms with Gasteiger partial charge in [-0.05, 0) is 42.9 Å². The number of aliphatic hydroxyl groups is 1. The number of rotatable bonds is 6. The summed E-state index contributed by atoms with van der Waals surface area (Å²) in [4.78, 5) is 2.66. The maximum absolute atomic E-state index is 10.4. The minimum atomic E-state index is -0.00238. The summed E-state index contributed by atoms with van der Waals surface area (Å²) in [6.07, 6.45) is 8.00. The summed E-state index contributed by atoms with van der Waals surface area (Å²) in [6.45, 7) is 7.15. The van der Waals surface area contributed by atoms with E-state index in [-0.39, 0.29) is 6.10 Å². The molecule has 3 fully saturated rings. The Hall–Kier alpha value is -0.0800. The Bertz CT molecular complexity index is 291. The van der Waals surface area contributed by atoms with Gasteiger partial charge in [-0.15, -0.1) is 0 Å². The van der Waals surface area contributed by atoms with Gasteiger partial charge in [-0.25, -0.2) is 0 Å². The fraction of sp³-hybridized carbons (Fsp3) is 1.00. The molecule has 2 nitrogen and oxygen atoms in total. The third-order valence-corrected chi connectivity index (χ3v) is 5.98. The van der Waals surface area contributed by atoms with Crippen LogP contribution in [0.3, 0.4) is 0 Å². The summed E-state index contributed by atoms with van der Waals surface area (Å²) >= 11 is 0. The third-order valence-electron chi connectivity index (χ3n) is 5.98. The van der Waals surface area contributed by atoms with Gasteiger partial charge < -0.3 is 5.11 Å². The third kappa shape index (κ3) is 2.02. The summed E-state index contributed by atoms with van der Waals surface area (Å²) in [5, 5.41) is 10.4. The highest BCUT2D eigenvalue weighted by molar-refractivity contribution is 5.10. The average molecular weight is 251 g/mol. The quantitative estimate of drug-likeness (QED) is 0.784. The molecule has 2 aliphatic carbocycles. The molecule has 0 aromatic carbocycles. The molecule has 18 heavy (non-hydrogen) atoms. The molecule has 0 aromatic heterocycles. The van der Waals surface area contributed by atoms with Crippen molar-refractivity contribution in [1.82, 2.24) is 4.90 Å². The van der Waals surface area contributed by atoms with E-state index in [1.54, 1.807) is 0 Å². The Balaban J connectivity index is 1.60. The number of aliphatic hydroxyl groups excluding tert-OH is 1. The zero-order valence-electron chi connectivity index (χ0n) is 12.0. The van der Waals surface area contributed by atoms with E-state index in [1.165, 1.54) is 51.6 Å². The monoisotopic (exact) mass is 251 g/mol. The van der Waals surface area contributed by atoms with Crippen LogP contribution in [0.15, 0.2) is 0 Å². The van der Waals surface area contributed by atoms with E-state index in [1.807, 2.05) is 0 Å². The van der Waals surface area contributed by atoms with Gasteiger partial charge in [0.15, 0.2) is 0 Å². The van der Waals surface area contributed by atoms with Crippen LogP contribution in [0.1, 0.15) is 52.4 Å². The standard InChI is InChI=1S/C16H29NO/c1-3-5-6-11(4-2)9-17-10-13-7-12-8-14(13)15(17)16(12)18/h11-16,18H,3-10H2,1-2H3. The molecule has 2 bridgehead atoms. The molecule has 1 aliphatic heterocycles. The van der Waals surface area contributed by atoms with Crippen molar-refractivity contribution >= 4 is 0 Å². The Kier molecular flexibility index (Phi) is 3.68. The highest BCUT2D eigenvalue weighted by Gasteiger charge is 2.58. The molecular weight excluding hydrogens is 222 g/mol. The minimum Gasteiger partial charge on any atom is -0.391 e. The SMILES string of the molecule is CCCCC(CC)CN1CC2CC3CC2C1C3O. The van der Waals surface area contributed by atoms with Gasteiger partial charge in [0.25, 0.3) is 0 Å². The Morgan fingerprint density at radius 3 is 2.72 bits per heavy atom. The molecule has 0 spiro atoms. The molecule has 1 N–H and O–H groups in total. The first-order chi connectivity index (χ1) is 8.74. The molecule has 1 heterocycles. The lowest BCUT2D eigenvalue weighted by Crippen LogP contribution is -2.42. The maximum atomic E-state index is 10.4. The van der Waals surface area contributed by atoms with Crippen LogP contribution < -0.4 is 0 Å². The normalized spacial score (nSPS) is 43.8. The van der Waals surface area contributed by atoms with Crippen molar-refractivity contribution in [2.45, 2.75) is 64.5 Å². The van der Waals surface area contributed by atoms with Gasteiger partial charge in [-0.1, -0.05) is 33.1 Å². The Morgan fingerprint density at radius 2 is 2.06 bits per heavy atom. The Labute approximate surface area is 112 Å². The van der Waals surface area contributed by atoms with Crippen LogP contribution in [0.2, 0.25) is 0 Å². The lowest BCUT2D eigenvalue weighted by atomic mass is 9.88. The van der Waals surface area contributed by atoms with Gasteiger partial charge in [-0.3, -0.25) is 4.90 Å². The molecule has 3 rings (SSSR count). The smallest absolute Gasteiger partial charge is 0.0726 e. The van der Waals surface area contributed by atoms with Gasteiger partial charge in [-0.2, -0.15) is 0 Å². The number of hydrogen-bond acceptors (Lipinski definition) is 2. The summed E-state index contributed by atoms with van der Waals surface area (Å²) in [5.74, 6) is 3.26. The fourth-order valence-corrected chi connectivity index (χ4v) is 5.00. The van der Waals surface area contributed by atoms with Crippen LogP contribution >= 0.6 is 0 Å². The molecule has 2 saturated carbocycles. The summed E-state index contributed by atoms with van der Waals surface area (Å²) in [6, 6.07) is 0.532. The van der Waals surface area contributed by atoms with Crippen LogP contribution in [0.25, 0.3) is 0 Å². The molecule has 6 atom stereocenters. The van der Waals surface area contributed by atoms with E-state index in [9.17, 15) is 5.11 Å². The fourth-order valence-electron chi connectivity index (χ4n) is 5.00. The number of likely N-dealkylation sites (tertiary alicyclic amines) is 1. The summed E-state index contributed by atoms with van der Waals surface area (Å²) in [7, 11) is 0. The van der Waals surface area contributed by atoms with E-state index in [0.717, 1.165) is 17.8 Å². The molecule has 6 unspecified atom stereocenters. The van der Waals surface area contributed by atoms with Crippen molar-refractivity contribution in [3.8, 4) is 0 Å². The van der Waals surface area contributed by atoms with Gasteiger partial charge >= 0.3 is 0 Å². The van der Waals surface area contributed by atoms with Crippen molar-refractivity contribution in [2.24, 2.45) is 23.7 Å². The van der Waals surface area contributed by atoms with E-state index in [4.69, 9.17) is 0 Å². The zero-order chi connectivity index (χ0) is 12.7. The lowest BCUT2D eigenvalue weighted by molar-refractivity contribution is 0.0447. The maximum Gasteiger partial charge on any atom is 0.0726 e. The van der Waals surface area contributed by atoms with Gasteiger partial charge in [0, 0.05) is 19.1 Å². The van der Waals surface area contributed by atoms with E-state index < -0.39 is 0 Å². The van der Waals surface area contributed by atoms with Crippen molar-refractivity contribution in [1.29, 1.82) is 0 Å². The molecule has 0 aromatic rings. The first-order valence-electron chi connectivity index (χ1n) is 8.16. The van der Waals surface area contributed by atoms with Crippen LogP contribution in [-0.4, -0.2) is 35.2 Å². The highest BCUT2D eigenvalue weighted by Crippen LogP contribution is 2.55. The molecule has 1 saturated heterocycles. The molecule has 0 amide bonds.